The highest BCUT2D eigenvalue weighted by atomic mass is 16.3. The average molecular weight is 299 g/mol. The Morgan fingerprint density at radius 3 is 2.59 bits per heavy atom. The SMILES string of the molecule is Cc1[nH]ncc1C1CCN(C(=O)C(O)c2ccccc2)CC1. The van der Waals surface area contributed by atoms with Crippen molar-refractivity contribution in [2.45, 2.75) is 31.8 Å². The molecular formula is C17H21N3O2. The molecule has 1 atom stereocenters. The van der Waals surface area contributed by atoms with Crippen LogP contribution in [0.5, 0.6) is 0 Å². The lowest BCUT2D eigenvalue weighted by Gasteiger charge is -2.33. The Morgan fingerprint density at radius 2 is 2.00 bits per heavy atom. The number of piperidine rings is 1. The average Bonchev–Trinajstić information content (AvgIpc) is 3.00. The second kappa shape index (κ2) is 6.32. The third-order valence-corrected chi connectivity index (χ3v) is 4.46. The Bertz CT molecular complexity index is 630. The van der Waals surface area contributed by atoms with Gasteiger partial charge in [0.15, 0.2) is 6.10 Å². The van der Waals surface area contributed by atoms with E-state index in [1.165, 1.54) is 5.56 Å². The van der Waals surface area contributed by atoms with E-state index in [4.69, 9.17) is 0 Å². The zero-order valence-electron chi connectivity index (χ0n) is 12.7. The molecule has 0 spiro atoms. The smallest absolute Gasteiger partial charge is 0.256 e. The molecule has 1 aliphatic rings. The molecule has 2 aromatic rings. The van der Waals surface area contributed by atoms with E-state index in [2.05, 4.69) is 10.2 Å². The molecule has 1 amide bonds. The van der Waals surface area contributed by atoms with Crippen LogP contribution in [0.3, 0.4) is 0 Å². The van der Waals surface area contributed by atoms with Crippen LogP contribution in [0.2, 0.25) is 0 Å². The number of nitrogens with zero attached hydrogens (tertiary/aromatic N) is 2. The van der Waals surface area contributed by atoms with Crippen molar-refractivity contribution in [2.24, 2.45) is 0 Å². The Labute approximate surface area is 130 Å². The molecule has 1 aromatic heterocycles. The highest BCUT2D eigenvalue weighted by Gasteiger charge is 2.29. The molecule has 2 N–H and O–H groups in total. The zero-order chi connectivity index (χ0) is 15.5. The van der Waals surface area contributed by atoms with Crippen LogP contribution in [0.25, 0.3) is 0 Å². The molecule has 0 saturated carbocycles. The molecule has 1 aliphatic heterocycles. The number of nitrogens with one attached hydrogen (secondary N) is 1. The van der Waals surface area contributed by atoms with E-state index >= 15 is 0 Å². The van der Waals surface area contributed by atoms with Gasteiger partial charge in [0, 0.05) is 18.8 Å². The van der Waals surface area contributed by atoms with E-state index in [0.29, 0.717) is 24.6 Å². The summed E-state index contributed by atoms with van der Waals surface area (Å²) >= 11 is 0. The maximum Gasteiger partial charge on any atom is 0.256 e. The van der Waals surface area contributed by atoms with Crippen LogP contribution >= 0.6 is 0 Å². The molecule has 0 radical (unpaired) electrons. The number of aromatic amines is 1. The van der Waals surface area contributed by atoms with Crippen LogP contribution in [-0.4, -0.2) is 39.2 Å². The lowest BCUT2D eigenvalue weighted by Crippen LogP contribution is -2.40. The topological polar surface area (TPSA) is 69.2 Å². The van der Waals surface area contributed by atoms with Crippen molar-refractivity contribution < 1.29 is 9.90 Å². The summed E-state index contributed by atoms with van der Waals surface area (Å²) in [5.41, 5.74) is 3.00. The number of hydrogen-bond donors (Lipinski definition) is 2. The van der Waals surface area contributed by atoms with Crippen molar-refractivity contribution >= 4 is 5.91 Å². The number of likely N-dealkylation sites (tertiary alicyclic amines) is 1. The van der Waals surface area contributed by atoms with Gasteiger partial charge in [0.2, 0.25) is 0 Å². The number of aliphatic hydroxyl groups excluding tert-OH is 1. The summed E-state index contributed by atoms with van der Waals surface area (Å²) in [5, 5.41) is 17.3. The van der Waals surface area contributed by atoms with Crippen molar-refractivity contribution in [1.29, 1.82) is 0 Å². The van der Waals surface area contributed by atoms with Gasteiger partial charge in [-0.3, -0.25) is 9.89 Å². The Morgan fingerprint density at radius 1 is 1.32 bits per heavy atom. The molecule has 3 rings (SSSR count). The molecular weight excluding hydrogens is 278 g/mol. The van der Waals surface area contributed by atoms with Crippen LogP contribution in [0, 0.1) is 6.92 Å². The van der Waals surface area contributed by atoms with E-state index in [-0.39, 0.29) is 5.91 Å². The fourth-order valence-corrected chi connectivity index (χ4v) is 3.13. The maximum atomic E-state index is 12.4. The standard InChI is InChI=1S/C17H21N3O2/c1-12-15(11-18-19-12)13-7-9-20(10-8-13)17(22)16(21)14-5-3-2-4-6-14/h2-6,11,13,16,21H,7-10H2,1H3,(H,18,19). The van der Waals surface area contributed by atoms with Gasteiger partial charge in [0.1, 0.15) is 0 Å². The second-order valence-electron chi connectivity index (χ2n) is 5.86. The normalized spacial score (nSPS) is 17.5. The molecule has 0 aliphatic carbocycles. The zero-order valence-corrected chi connectivity index (χ0v) is 12.7. The van der Waals surface area contributed by atoms with E-state index in [0.717, 1.165) is 18.5 Å². The fourth-order valence-electron chi connectivity index (χ4n) is 3.13. The van der Waals surface area contributed by atoms with Gasteiger partial charge in [0.25, 0.3) is 5.91 Å². The van der Waals surface area contributed by atoms with E-state index in [9.17, 15) is 9.90 Å². The fraction of sp³-hybridized carbons (Fsp3) is 0.412. The Balaban J connectivity index is 1.61. The molecule has 1 fully saturated rings. The number of carbonyl (C=O) groups excluding carboxylic acids is 1. The van der Waals surface area contributed by atoms with Gasteiger partial charge in [-0.1, -0.05) is 30.3 Å². The van der Waals surface area contributed by atoms with Crippen molar-refractivity contribution in [3.8, 4) is 0 Å². The molecule has 5 heteroatoms. The molecule has 0 bridgehead atoms. The lowest BCUT2D eigenvalue weighted by molar-refractivity contribution is -0.141. The van der Waals surface area contributed by atoms with Crippen LogP contribution in [0.4, 0.5) is 0 Å². The van der Waals surface area contributed by atoms with Crippen LogP contribution in [0.15, 0.2) is 36.5 Å². The molecule has 5 nitrogen and oxygen atoms in total. The molecule has 2 heterocycles. The second-order valence-corrected chi connectivity index (χ2v) is 5.86. The summed E-state index contributed by atoms with van der Waals surface area (Å²) in [6.45, 7) is 3.38. The number of aryl methyl sites for hydroxylation is 1. The predicted octanol–water partition coefficient (Wildman–Crippen LogP) is 2.16. The van der Waals surface area contributed by atoms with Gasteiger partial charge in [0.05, 0.1) is 6.20 Å². The minimum Gasteiger partial charge on any atom is -0.378 e. The number of H-pyrrole nitrogens is 1. The molecule has 22 heavy (non-hydrogen) atoms. The highest BCUT2D eigenvalue weighted by Crippen LogP contribution is 2.30. The molecule has 1 unspecified atom stereocenters. The van der Waals surface area contributed by atoms with Gasteiger partial charge >= 0.3 is 0 Å². The van der Waals surface area contributed by atoms with Crippen molar-refractivity contribution in [3.63, 3.8) is 0 Å². The third-order valence-electron chi connectivity index (χ3n) is 4.46. The summed E-state index contributed by atoms with van der Waals surface area (Å²) < 4.78 is 0. The largest absolute Gasteiger partial charge is 0.378 e. The number of aromatic nitrogens is 2. The molecule has 116 valence electrons. The van der Waals surface area contributed by atoms with Gasteiger partial charge < -0.3 is 10.0 Å². The minimum absolute atomic E-state index is 0.200. The Hall–Kier alpha value is -2.14. The number of aliphatic hydroxyl groups is 1. The summed E-state index contributed by atoms with van der Waals surface area (Å²) in [7, 11) is 0. The third kappa shape index (κ3) is 2.90. The quantitative estimate of drug-likeness (QED) is 0.912. The highest BCUT2D eigenvalue weighted by molar-refractivity contribution is 5.82. The first-order valence-electron chi connectivity index (χ1n) is 7.68. The van der Waals surface area contributed by atoms with Crippen LogP contribution in [-0.2, 0) is 4.79 Å². The minimum atomic E-state index is -1.06. The summed E-state index contributed by atoms with van der Waals surface area (Å²) in [4.78, 5) is 14.2. The van der Waals surface area contributed by atoms with E-state index in [1.807, 2.05) is 31.3 Å². The first-order chi connectivity index (χ1) is 10.7. The van der Waals surface area contributed by atoms with Crippen LogP contribution < -0.4 is 0 Å². The monoisotopic (exact) mass is 299 g/mol. The number of benzene rings is 1. The number of carbonyl (C=O) groups is 1. The van der Waals surface area contributed by atoms with Crippen molar-refractivity contribution in [1.82, 2.24) is 15.1 Å². The van der Waals surface area contributed by atoms with Gasteiger partial charge in [-0.05, 0) is 36.8 Å². The first-order valence-corrected chi connectivity index (χ1v) is 7.68. The van der Waals surface area contributed by atoms with Crippen LogP contribution in [0.1, 0.15) is 41.7 Å². The number of amides is 1. The summed E-state index contributed by atoms with van der Waals surface area (Å²) in [6, 6.07) is 9.10. The number of rotatable bonds is 3. The van der Waals surface area contributed by atoms with E-state index in [1.54, 1.807) is 17.0 Å². The van der Waals surface area contributed by atoms with Crippen molar-refractivity contribution in [3.05, 3.63) is 53.3 Å². The van der Waals surface area contributed by atoms with E-state index < -0.39 is 6.10 Å². The molecule has 1 saturated heterocycles. The van der Waals surface area contributed by atoms with Gasteiger partial charge in [-0.15, -0.1) is 0 Å². The predicted molar refractivity (Wildman–Crippen MR) is 83.3 cm³/mol. The summed E-state index contributed by atoms with van der Waals surface area (Å²) in [5.74, 6) is 0.241. The van der Waals surface area contributed by atoms with Crippen molar-refractivity contribution in [2.75, 3.05) is 13.1 Å². The first kappa shape index (κ1) is 14.8. The summed E-state index contributed by atoms with van der Waals surface area (Å²) in [6.07, 6.45) is 2.64. The van der Waals surface area contributed by atoms with Gasteiger partial charge in [-0.25, -0.2) is 0 Å². The lowest BCUT2D eigenvalue weighted by atomic mass is 9.89. The maximum absolute atomic E-state index is 12.4. The Kier molecular flexibility index (Phi) is 4.24. The number of hydrogen-bond acceptors (Lipinski definition) is 3. The molecule has 1 aromatic carbocycles. The van der Waals surface area contributed by atoms with Gasteiger partial charge in [-0.2, -0.15) is 5.10 Å².